The van der Waals surface area contributed by atoms with E-state index in [1.54, 1.807) is 24.3 Å². The molecule has 0 saturated heterocycles. The lowest BCUT2D eigenvalue weighted by molar-refractivity contribution is -0.155. The number of carbonyl (C=O) groups is 3. The molecule has 2 aromatic carbocycles. The van der Waals surface area contributed by atoms with E-state index in [1.807, 2.05) is 32.0 Å². The van der Waals surface area contributed by atoms with Crippen LogP contribution < -0.4 is 10.1 Å². The molecule has 6 nitrogen and oxygen atoms in total. The van der Waals surface area contributed by atoms with Crippen molar-refractivity contribution in [3.63, 3.8) is 0 Å². The Hall–Kier alpha value is -3.15. The summed E-state index contributed by atoms with van der Waals surface area (Å²) in [6.07, 6.45) is -0.239. The van der Waals surface area contributed by atoms with E-state index in [0.29, 0.717) is 23.3 Å². The van der Waals surface area contributed by atoms with Gasteiger partial charge in [-0.25, -0.2) is 4.79 Å². The molecule has 2 aromatic rings. The molecule has 0 spiro atoms. The van der Waals surface area contributed by atoms with Gasteiger partial charge in [-0.15, -0.1) is 0 Å². The van der Waals surface area contributed by atoms with Gasteiger partial charge in [-0.05, 0) is 62.2 Å². The highest BCUT2D eigenvalue weighted by atomic mass is 16.6. The maximum absolute atomic E-state index is 12.2. The van der Waals surface area contributed by atoms with Crippen LogP contribution in [0.25, 0.3) is 0 Å². The van der Waals surface area contributed by atoms with E-state index in [1.165, 1.54) is 6.92 Å². The first-order chi connectivity index (χ1) is 12.4. The second-order valence-electron chi connectivity index (χ2n) is 5.92. The van der Waals surface area contributed by atoms with Gasteiger partial charge in [0.05, 0.1) is 0 Å². The van der Waals surface area contributed by atoms with E-state index in [0.717, 1.165) is 11.1 Å². The number of hydrogen-bond acceptors (Lipinski definition) is 5. The summed E-state index contributed by atoms with van der Waals surface area (Å²) in [4.78, 5) is 34.6. The van der Waals surface area contributed by atoms with E-state index < -0.39 is 18.0 Å². The molecule has 0 fully saturated rings. The molecular formula is C20H21NO5. The summed E-state index contributed by atoms with van der Waals surface area (Å²) < 4.78 is 10.4. The van der Waals surface area contributed by atoms with E-state index in [9.17, 15) is 14.4 Å². The maximum atomic E-state index is 12.2. The van der Waals surface area contributed by atoms with Gasteiger partial charge in [0.2, 0.25) is 0 Å². The fraction of sp³-hybridized carbons (Fsp3) is 0.250. The Balaban J connectivity index is 1.84. The number of anilines is 1. The van der Waals surface area contributed by atoms with Gasteiger partial charge < -0.3 is 14.8 Å². The van der Waals surface area contributed by atoms with Gasteiger partial charge in [0.25, 0.3) is 5.91 Å². The van der Waals surface area contributed by atoms with Crippen LogP contribution in [0, 0.1) is 13.8 Å². The second-order valence-corrected chi connectivity index (χ2v) is 5.92. The Morgan fingerprint density at radius 2 is 1.81 bits per heavy atom. The minimum absolute atomic E-state index is 0.332. The zero-order chi connectivity index (χ0) is 19.1. The molecule has 0 saturated carbocycles. The van der Waals surface area contributed by atoms with Gasteiger partial charge in [0, 0.05) is 11.3 Å². The van der Waals surface area contributed by atoms with Gasteiger partial charge >= 0.3 is 5.97 Å². The van der Waals surface area contributed by atoms with Crippen molar-refractivity contribution < 1.29 is 23.9 Å². The molecule has 0 bridgehead atoms. The highest BCUT2D eigenvalue weighted by Gasteiger charge is 2.19. The van der Waals surface area contributed by atoms with Crippen molar-refractivity contribution in [2.45, 2.75) is 26.9 Å². The highest BCUT2D eigenvalue weighted by molar-refractivity contribution is 5.95. The quantitative estimate of drug-likeness (QED) is 0.610. The largest absolute Gasteiger partial charge is 0.482 e. The minimum Gasteiger partial charge on any atom is -0.482 e. The molecule has 6 heteroatoms. The van der Waals surface area contributed by atoms with Crippen molar-refractivity contribution in [1.82, 2.24) is 0 Å². The SMILES string of the molecule is Cc1ccc(C)c(NC(=O)[C@@H](C)OC(=O)COc2ccc(C=O)cc2)c1. The smallest absolute Gasteiger partial charge is 0.344 e. The number of hydrogen-bond donors (Lipinski definition) is 1. The van der Waals surface area contributed by atoms with Gasteiger partial charge in [0.15, 0.2) is 12.7 Å². The van der Waals surface area contributed by atoms with E-state index in [-0.39, 0.29) is 6.61 Å². The van der Waals surface area contributed by atoms with Crippen molar-refractivity contribution in [2.75, 3.05) is 11.9 Å². The number of benzene rings is 2. The summed E-state index contributed by atoms with van der Waals surface area (Å²) >= 11 is 0. The lowest BCUT2D eigenvalue weighted by atomic mass is 10.1. The standard InChI is InChI=1S/C20H21NO5/c1-13-4-5-14(2)18(10-13)21-20(24)15(3)26-19(23)12-25-17-8-6-16(11-22)7-9-17/h4-11,15H,12H2,1-3H3,(H,21,24)/t15-/m1/s1. The van der Waals surface area contributed by atoms with Crippen LogP contribution in [-0.4, -0.2) is 30.9 Å². The predicted octanol–water partition coefficient (Wildman–Crippen LogP) is 3.07. The third kappa shape index (κ3) is 5.44. The molecule has 0 heterocycles. The maximum Gasteiger partial charge on any atom is 0.344 e. The van der Waals surface area contributed by atoms with Gasteiger partial charge in [-0.3, -0.25) is 9.59 Å². The highest BCUT2D eigenvalue weighted by Crippen LogP contribution is 2.17. The number of esters is 1. The number of carbonyl (C=O) groups excluding carboxylic acids is 3. The van der Waals surface area contributed by atoms with Crippen molar-refractivity contribution in [1.29, 1.82) is 0 Å². The Morgan fingerprint density at radius 1 is 1.12 bits per heavy atom. The predicted molar refractivity (Wildman–Crippen MR) is 97.4 cm³/mol. The summed E-state index contributed by atoms with van der Waals surface area (Å²) in [6.45, 7) is 4.98. The number of aldehydes is 1. The van der Waals surface area contributed by atoms with Crippen LogP contribution in [-0.2, 0) is 14.3 Å². The average Bonchev–Trinajstić information content (AvgIpc) is 2.63. The van der Waals surface area contributed by atoms with Gasteiger partial charge in [-0.1, -0.05) is 12.1 Å². The summed E-state index contributed by atoms with van der Waals surface area (Å²) in [6, 6.07) is 12.0. The Labute approximate surface area is 152 Å². The lowest BCUT2D eigenvalue weighted by Crippen LogP contribution is -2.31. The number of ether oxygens (including phenoxy) is 2. The Bertz CT molecular complexity index is 798. The number of aryl methyl sites for hydroxylation is 2. The van der Waals surface area contributed by atoms with Crippen LogP contribution in [0.1, 0.15) is 28.4 Å². The Morgan fingerprint density at radius 3 is 2.46 bits per heavy atom. The molecule has 2 rings (SSSR count). The fourth-order valence-electron chi connectivity index (χ4n) is 2.17. The van der Waals surface area contributed by atoms with E-state index >= 15 is 0 Å². The van der Waals surface area contributed by atoms with E-state index in [4.69, 9.17) is 9.47 Å². The normalized spacial score (nSPS) is 11.3. The molecule has 1 N–H and O–H groups in total. The monoisotopic (exact) mass is 355 g/mol. The third-order valence-corrected chi connectivity index (χ3v) is 3.70. The first kappa shape index (κ1) is 19.2. The molecule has 26 heavy (non-hydrogen) atoms. The van der Waals surface area contributed by atoms with Crippen LogP contribution in [0.5, 0.6) is 5.75 Å². The average molecular weight is 355 g/mol. The summed E-state index contributed by atoms with van der Waals surface area (Å²) in [5.74, 6) is -0.643. The molecule has 0 aliphatic carbocycles. The van der Waals surface area contributed by atoms with Crippen molar-refractivity contribution in [3.8, 4) is 5.75 Å². The van der Waals surface area contributed by atoms with Gasteiger partial charge in [-0.2, -0.15) is 0 Å². The van der Waals surface area contributed by atoms with Crippen LogP contribution in [0.15, 0.2) is 42.5 Å². The molecule has 136 valence electrons. The Kier molecular flexibility index (Phi) is 6.49. The zero-order valence-electron chi connectivity index (χ0n) is 14.9. The molecular weight excluding hydrogens is 334 g/mol. The number of amides is 1. The van der Waals surface area contributed by atoms with Crippen molar-refractivity contribution in [3.05, 3.63) is 59.2 Å². The molecule has 1 atom stereocenters. The molecule has 1 amide bonds. The van der Waals surface area contributed by atoms with Crippen LogP contribution in [0.3, 0.4) is 0 Å². The summed E-state index contributed by atoms with van der Waals surface area (Å²) in [5, 5.41) is 2.75. The van der Waals surface area contributed by atoms with E-state index in [2.05, 4.69) is 5.32 Å². The summed E-state index contributed by atoms with van der Waals surface area (Å²) in [5.41, 5.74) is 3.13. The van der Waals surface area contributed by atoms with Crippen LogP contribution in [0.4, 0.5) is 5.69 Å². The third-order valence-electron chi connectivity index (χ3n) is 3.70. The molecule has 0 radical (unpaired) electrons. The zero-order valence-corrected chi connectivity index (χ0v) is 14.9. The first-order valence-corrected chi connectivity index (χ1v) is 8.14. The molecule has 0 unspecified atom stereocenters. The fourth-order valence-corrected chi connectivity index (χ4v) is 2.17. The minimum atomic E-state index is -0.955. The lowest BCUT2D eigenvalue weighted by Gasteiger charge is -2.15. The number of nitrogens with one attached hydrogen (secondary N) is 1. The molecule has 0 aliphatic rings. The topological polar surface area (TPSA) is 81.7 Å². The first-order valence-electron chi connectivity index (χ1n) is 8.14. The molecule has 0 aliphatic heterocycles. The van der Waals surface area contributed by atoms with Crippen molar-refractivity contribution >= 4 is 23.9 Å². The van der Waals surface area contributed by atoms with Crippen molar-refractivity contribution in [2.24, 2.45) is 0 Å². The number of rotatable bonds is 7. The molecule has 0 aromatic heterocycles. The van der Waals surface area contributed by atoms with Crippen LogP contribution in [0.2, 0.25) is 0 Å². The second kappa shape index (κ2) is 8.80. The van der Waals surface area contributed by atoms with Crippen LogP contribution >= 0.6 is 0 Å². The van der Waals surface area contributed by atoms with Gasteiger partial charge in [0.1, 0.15) is 12.0 Å². The summed E-state index contributed by atoms with van der Waals surface area (Å²) in [7, 11) is 0.